The first-order valence-electron chi connectivity index (χ1n) is 8.17. The van der Waals surface area contributed by atoms with Crippen molar-refractivity contribution in [3.63, 3.8) is 0 Å². The number of anilines is 2. The molecule has 6 heteroatoms. The zero-order chi connectivity index (χ0) is 17.2. The molecule has 2 amide bonds. The quantitative estimate of drug-likeness (QED) is 0.711. The summed E-state index contributed by atoms with van der Waals surface area (Å²) in [6, 6.07) is 14.5. The van der Waals surface area contributed by atoms with E-state index in [2.05, 4.69) is 20.2 Å². The molecular formula is C19H17ClN4O. The summed E-state index contributed by atoms with van der Waals surface area (Å²) in [7, 11) is 0. The Bertz CT molecular complexity index is 900. The van der Waals surface area contributed by atoms with Gasteiger partial charge in [0.1, 0.15) is 5.82 Å². The average Bonchev–Trinajstić information content (AvgIpc) is 3.21. The number of carbonyl (C=O) groups excluding carboxylic acids is 1. The fraction of sp³-hybridized carbons (Fsp3) is 0.158. The van der Waals surface area contributed by atoms with Gasteiger partial charge in [-0.2, -0.15) is 0 Å². The molecule has 2 aromatic carbocycles. The molecule has 0 unspecified atom stereocenters. The molecule has 0 saturated carbocycles. The summed E-state index contributed by atoms with van der Waals surface area (Å²) in [4.78, 5) is 16.5. The smallest absolute Gasteiger partial charge is 0.323 e. The first-order chi connectivity index (χ1) is 12.2. The third-order valence-electron chi connectivity index (χ3n) is 4.26. The minimum Gasteiger partial charge on any atom is -0.328 e. The number of hydrogen-bond donors (Lipinski definition) is 2. The Morgan fingerprint density at radius 1 is 1.00 bits per heavy atom. The number of aromatic nitrogens is 2. The Balaban J connectivity index is 1.43. The fourth-order valence-corrected chi connectivity index (χ4v) is 3.17. The van der Waals surface area contributed by atoms with E-state index in [9.17, 15) is 4.79 Å². The number of urea groups is 1. The summed E-state index contributed by atoms with van der Waals surface area (Å²) in [6.07, 6.45) is 4.12. The van der Waals surface area contributed by atoms with Crippen molar-refractivity contribution >= 4 is 29.0 Å². The van der Waals surface area contributed by atoms with Crippen molar-refractivity contribution in [2.45, 2.75) is 19.4 Å². The van der Waals surface area contributed by atoms with E-state index in [1.54, 1.807) is 24.3 Å². The Morgan fingerprint density at radius 3 is 2.32 bits per heavy atom. The standard InChI is InChI=1S/C19H17ClN4O/c20-14-5-9-16(10-6-14)23-19(25)22-15-7-3-13(4-8-15)17-12-21-18-2-1-11-24(17)18/h3-10,12H,1-2,11H2,(H2,22,23,25). The van der Waals surface area contributed by atoms with E-state index in [0.717, 1.165) is 42.2 Å². The lowest BCUT2D eigenvalue weighted by Gasteiger charge is -2.09. The second-order valence-electron chi connectivity index (χ2n) is 5.98. The van der Waals surface area contributed by atoms with Crippen LogP contribution in [-0.2, 0) is 13.0 Å². The number of fused-ring (bicyclic) bond motifs is 1. The summed E-state index contributed by atoms with van der Waals surface area (Å²) < 4.78 is 2.26. The lowest BCUT2D eigenvalue weighted by Crippen LogP contribution is -2.19. The first-order valence-corrected chi connectivity index (χ1v) is 8.55. The minimum absolute atomic E-state index is 0.291. The van der Waals surface area contributed by atoms with Crippen LogP contribution in [0.25, 0.3) is 11.3 Å². The molecule has 2 heterocycles. The van der Waals surface area contributed by atoms with Crippen LogP contribution in [-0.4, -0.2) is 15.6 Å². The van der Waals surface area contributed by atoms with Crippen LogP contribution in [0.15, 0.2) is 54.7 Å². The highest BCUT2D eigenvalue weighted by Crippen LogP contribution is 2.26. The van der Waals surface area contributed by atoms with E-state index in [4.69, 9.17) is 11.6 Å². The zero-order valence-corrected chi connectivity index (χ0v) is 14.3. The maximum atomic E-state index is 12.1. The van der Waals surface area contributed by atoms with Crippen molar-refractivity contribution in [2.75, 3.05) is 10.6 Å². The van der Waals surface area contributed by atoms with E-state index >= 15 is 0 Å². The molecule has 25 heavy (non-hydrogen) atoms. The van der Waals surface area contributed by atoms with Crippen molar-refractivity contribution in [2.24, 2.45) is 0 Å². The second-order valence-corrected chi connectivity index (χ2v) is 6.41. The van der Waals surface area contributed by atoms with Crippen molar-refractivity contribution < 1.29 is 4.79 Å². The van der Waals surface area contributed by atoms with Gasteiger partial charge < -0.3 is 15.2 Å². The third kappa shape index (κ3) is 3.37. The molecule has 0 aliphatic carbocycles. The fourth-order valence-electron chi connectivity index (χ4n) is 3.04. The van der Waals surface area contributed by atoms with Crippen LogP contribution < -0.4 is 10.6 Å². The van der Waals surface area contributed by atoms with Crippen LogP contribution in [0.2, 0.25) is 5.02 Å². The van der Waals surface area contributed by atoms with Gasteiger partial charge in [-0.1, -0.05) is 23.7 Å². The number of nitrogens with zero attached hydrogens (tertiary/aromatic N) is 2. The van der Waals surface area contributed by atoms with Crippen LogP contribution in [0, 0.1) is 0 Å². The molecule has 4 rings (SSSR count). The monoisotopic (exact) mass is 352 g/mol. The maximum Gasteiger partial charge on any atom is 0.323 e. The first kappa shape index (κ1) is 15.7. The highest BCUT2D eigenvalue weighted by molar-refractivity contribution is 6.30. The van der Waals surface area contributed by atoms with Gasteiger partial charge in [0.2, 0.25) is 0 Å². The highest BCUT2D eigenvalue weighted by Gasteiger charge is 2.16. The molecule has 0 radical (unpaired) electrons. The lowest BCUT2D eigenvalue weighted by atomic mass is 10.1. The number of rotatable bonds is 3. The number of imidazole rings is 1. The number of nitrogens with one attached hydrogen (secondary N) is 2. The molecule has 0 atom stereocenters. The normalized spacial score (nSPS) is 12.7. The van der Waals surface area contributed by atoms with Gasteiger partial charge in [-0.25, -0.2) is 9.78 Å². The topological polar surface area (TPSA) is 59.0 Å². The number of carbonyl (C=O) groups is 1. The summed E-state index contributed by atoms with van der Waals surface area (Å²) >= 11 is 5.84. The van der Waals surface area contributed by atoms with Gasteiger partial charge in [0.05, 0.1) is 11.9 Å². The van der Waals surface area contributed by atoms with Crippen molar-refractivity contribution in [1.29, 1.82) is 0 Å². The second kappa shape index (κ2) is 6.61. The van der Waals surface area contributed by atoms with Crippen LogP contribution >= 0.6 is 11.6 Å². The zero-order valence-electron chi connectivity index (χ0n) is 13.5. The Morgan fingerprint density at radius 2 is 1.64 bits per heavy atom. The van der Waals surface area contributed by atoms with Gasteiger partial charge in [-0.15, -0.1) is 0 Å². The van der Waals surface area contributed by atoms with E-state index in [-0.39, 0.29) is 6.03 Å². The van der Waals surface area contributed by atoms with Gasteiger partial charge in [0, 0.05) is 29.4 Å². The predicted octanol–water partition coefficient (Wildman–Crippen LogP) is 4.79. The van der Waals surface area contributed by atoms with E-state index in [1.807, 2.05) is 30.5 Å². The van der Waals surface area contributed by atoms with Gasteiger partial charge >= 0.3 is 6.03 Å². The van der Waals surface area contributed by atoms with E-state index < -0.39 is 0 Å². The van der Waals surface area contributed by atoms with Crippen molar-refractivity contribution in [1.82, 2.24) is 9.55 Å². The Hall–Kier alpha value is -2.79. The van der Waals surface area contributed by atoms with Gasteiger partial charge in [0.15, 0.2) is 0 Å². The number of aryl methyl sites for hydroxylation is 1. The van der Waals surface area contributed by atoms with Gasteiger partial charge in [-0.3, -0.25) is 0 Å². The van der Waals surface area contributed by atoms with Crippen LogP contribution in [0.3, 0.4) is 0 Å². The van der Waals surface area contributed by atoms with Crippen LogP contribution in [0.1, 0.15) is 12.2 Å². The van der Waals surface area contributed by atoms with Crippen molar-refractivity contribution in [3.05, 3.63) is 65.6 Å². The van der Waals surface area contributed by atoms with Gasteiger partial charge in [-0.05, 0) is 48.4 Å². The molecule has 0 bridgehead atoms. The molecular weight excluding hydrogens is 336 g/mol. The molecule has 0 fully saturated rings. The molecule has 5 nitrogen and oxygen atoms in total. The number of hydrogen-bond acceptors (Lipinski definition) is 2. The molecule has 126 valence electrons. The third-order valence-corrected chi connectivity index (χ3v) is 4.51. The van der Waals surface area contributed by atoms with Crippen LogP contribution in [0.5, 0.6) is 0 Å². The molecule has 1 aromatic heterocycles. The average molecular weight is 353 g/mol. The summed E-state index contributed by atoms with van der Waals surface area (Å²) in [6.45, 7) is 1.02. The van der Waals surface area contributed by atoms with Crippen molar-refractivity contribution in [3.8, 4) is 11.3 Å². The molecule has 1 aliphatic heterocycles. The Kier molecular flexibility index (Phi) is 4.15. The molecule has 0 saturated heterocycles. The van der Waals surface area contributed by atoms with Gasteiger partial charge in [0.25, 0.3) is 0 Å². The molecule has 3 aromatic rings. The lowest BCUT2D eigenvalue weighted by molar-refractivity contribution is 0.262. The maximum absolute atomic E-state index is 12.1. The van der Waals surface area contributed by atoms with Crippen LogP contribution in [0.4, 0.5) is 16.2 Å². The predicted molar refractivity (Wildman–Crippen MR) is 100 cm³/mol. The largest absolute Gasteiger partial charge is 0.328 e. The highest BCUT2D eigenvalue weighted by atomic mass is 35.5. The van der Waals surface area contributed by atoms with E-state index in [1.165, 1.54) is 0 Å². The Labute approximate surface area is 150 Å². The minimum atomic E-state index is -0.291. The SMILES string of the molecule is O=C(Nc1ccc(Cl)cc1)Nc1ccc(-c2cnc3n2CCC3)cc1. The number of halogens is 1. The molecule has 0 spiro atoms. The molecule has 1 aliphatic rings. The number of benzene rings is 2. The summed E-state index contributed by atoms with van der Waals surface area (Å²) in [5, 5.41) is 6.23. The molecule has 2 N–H and O–H groups in total. The van der Waals surface area contributed by atoms with E-state index in [0.29, 0.717) is 10.7 Å². The number of amides is 2. The summed E-state index contributed by atoms with van der Waals surface area (Å²) in [5.74, 6) is 1.15. The summed E-state index contributed by atoms with van der Waals surface area (Å²) in [5.41, 5.74) is 3.65.